The third-order valence-corrected chi connectivity index (χ3v) is 3.82. The Morgan fingerprint density at radius 2 is 2.07 bits per heavy atom. The number of hydrogen-bond donors (Lipinski definition) is 2. The van der Waals surface area contributed by atoms with Crippen molar-refractivity contribution in [3.05, 3.63) is 65.2 Å². The molecule has 0 aliphatic rings. The molecule has 0 heterocycles. The number of phenolic OH excluding ortho intramolecular Hbond substituents is 1. The van der Waals surface area contributed by atoms with Crippen molar-refractivity contribution >= 4 is 12.1 Å². The predicted molar refractivity (Wildman–Crippen MR) is 106 cm³/mol. The fraction of sp³-hybridized carbons (Fsp3) is 0.238. The summed E-state index contributed by atoms with van der Waals surface area (Å²) in [5, 5.41) is 14.2. The second-order valence-corrected chi connectivity index (χ2v) is 5.86. The van der Waals surface area contributed by atoms with Gasteiger partial charge in [-0.1, -0.05) is 12.1 Å². The lowest BCUT2D eigenvalue weighted by Gasteiger charge is -2.11. The first-order valence-electron chi connectivity index (χ1n) is 8.57. The quantitative estimate of drug-likeness (QED) is 0.424. The van der Waals surface area contributed by atoms with Crippen molar-refractivity contribution in [1.29, 1.82) is 0 Å². The molecule has 0 saturated heterocycles. The molecule has 0 aromatic heterocycles. The van der Waals surface area contributed by atoms with Crippen LogP contribution in [0, 0.1) is 6.92 Å². The molecule has 0 saturated carbocycles. The van der Waals surface area contributed by atoms with E-state index in [4.69, 9.17) is 9.47 Å². The van der Waals surface area contributed by atoms with Gasteiger partial charge in [0.05, 0.1) is 25.5 Å². The van der Waals surface area contributed by atoms with Crippen molar-refractivity contribution < 1.29 is 19.4 Å². The highest BCUT2D eigenvalue weighted by molar-refractivity contribution is 5.97. The monoisotopic (exact) mass is 368 g/mol. The third-order valence-electron chi connectivity index (χ3n) is 3.82. The van der Waals surface area contributed by atoms with Crippen LogP contribution in [0.15, 0.2) is 48.1 Å². The van der Waals surface area contributed by atoms with Crippen LogP contribution in [0.3, 0.4) is 0 Å². The topological polar surface area (TPSA) is 80.2 Å². The van der Waals surface area contributed by atoms with Gasteiger partial charge in [0.1, 0.15) is 5.75 Å². The van der Waals surface area contributed by atoms with Gasteiger partial charge in [-0.3, -0.25) is 4.79 Å². The summed E-state index contributed by atoms with van der Waals surface area (Å²) in [6.07, 6.45) is 3.67. The molecule has 0 fully saturated rings. The number of carbonyl (C=O) groups excluding carboxylic acids is 1. The Kier molecular flexibility index (Phi) is 7.00. The number of nitrogens with one attached hydrogen (secondary N) is 1. The maximum atomic E-state index is 12.3. The first-order valence-corrected chi connectivity index (χ1v) is 8.57. The van der Waals surface area contributed by atoms with Crippen molar-refractivity contribution in [2.45, 2.75) is 20.3 Å². The summed E-state index contributed by atoms with van der Waals surface area (Å²) >= 11 is 0. The van der Waals surface area contributed by atoms with Crippen LogP contribution in [0.25, 0.3) is 0 Å². The zero-order chi connectivity index (χ0) is 19.8. The second kappa shape index (κ2) is 9.43. The Balaban J connectivity index is 2.20. The number of rotatable bonds is 8. The normalized spacial score (nSPS) is 10.6. The van der Waals surface area contributed by atoms with Crippen molar-refractivity contribution in [1.82, 2.24) is 5.43 Å². The van der Waals surface area contributed by atoms with Crippen molar-refractivity contribution in [2.75, 3.05) is 13.7 Å². The average molecular weight is 368 g/mol. The molecular weight excluding hydrogens is 344 g/mol. The van der Waals surface area contributed by atoms with Gasteiger partial charge >= 0.3 is 0 Å². The smallest absolute Gasteiger partial charge is 0.275 e. The Labute approximate surface area is 159 Å². The maximum absolute atomic E-state index is 12.3. The Morgan fingerprint density at radius 1 is 1.30 bits per heavy atom. The minimum atomic E-state index is -0.377. The summed E-state index contributed by atoms with van der Waals surface area (Å²) in [6.45, 7) is 7.87. The molecule has 2 rings (SSSR count). The Bertz CT molecular complexity index is 860. The van der Waals surface area contributed by atoms with Gasteiger partial charge in [0.15, 0.2) is 11.5 Å². The standard InChI is InChI=1S/C21H24N2O4/c1-5-7-16-11-15(12-19(20(16)24)27-6-2)13-22-23-21(25)17-9-8-14(3)10-18(17)26-4/h5,8-13,24H,1,6-7H2,2-4H3,(H,23,25)/b22-13-. The van der Waals surface area contributed by atoms with Crippen molar-refractivity contribution in [2.24, 2.45) is 5.10 Å². The first kappa shape index (κ1) is 20.0. The molecule has 0 unspecified atom stereocenters. The molecule has 0 bridgehead atoms. The molecule has 0 aliphatic carbocycles. The summed E-state index contributed by atoms with van der Waals surface area (Å²) in [7, 11) is 1.52. The van der Waals surface area contributed by atoms with E-state index in [2.05, 4.69) is 17.1 Å². The third kappa shape index (κ3) is 5.10. The van der Waals surface area contributed by atoms with Crippen LogP contribution in [-0.2, 0) is 6.42 Å². The molecule has 27 heavy (non-hydrogen) atoms. The van der Waals surface area contributed by atoms with Crippen LogP contribution in [0.1, 0.15) is 34.0 Å². The van der Waals surface area contributed by atoms with Crippen LogP contribution >= 0.6 is 0 Å². The van der Waals surface area contributed by atoms with Crippen LogP contribution in [0.5, 0.6) is 17.2 Å². The van der Waals surface area contributed by atoms with E-state index in [1.54, 1.807) is 30.3 Å². The number of methoxy groups -OCH3 is 1. The fourth-order valence-electron chi connectivity index (χ4n) is 2.55. The Hall–Kier alpha value is -3.28. The van der Waals surface area contributed by atoms with E-state index < -0.39 is 0 Å². The fourth-order valence-corrected chi connectivity index (χ4v) is 2.55. The molecule has 142 valence electrons. The second-order valence-electron chi connectivity index (χ2n) is 5.86. The minimum Gasteiger partial charge on any atom is -0.504 e. The molecule has 2 aromatic carbocycles. The van der Waals surface area contributed by atoms with Gasteiger partial charge in [-0.05, 0) is 55.7 Å². The molecule has 0 atom stereocenters. The van der Waals surface area contributed by atoms with Crippen LogP contribution in [0.2, 0.25) is 0 Å². The number of amides is 1. The zero-order valence-corrected chi connectivity index (χ0v) is 15.8. The van der Waals surface area contributed by atoms with Gasteiger partial charge in [-0.15, -0.1) is 6.58 Å². The Morgan fingerprint density at radius 3 is 2.74 bits per heavy atom. The molecule has 1 amide bonds. The summed E-state index contributed by atoms with van der Waals surface area (Å²) in [4.78, 5) is 12.3. The van der Waals surface area contributed by atoms with Crippen LogP contribution < -0.4 is 14.9 Å². The van der Waals surface area contributed by atoms with E-state index in [0.29, 0.717) is 41.2 Å². The van der Waals surface area contributed by atoms with Gasteiger partial charge in [-0.2, -0.15) is 5.10 Å². The van der Waals surface area contributed by atoms with Gasteiger partial charge in [0.2, 0.25) is 0 Å². The highest BCUT2D eigenvalue weighted by atomic mass is 16.5. The summed E-state index contributed by atoms with van der Waals surface area (Å²) in [5.74, 6) is 0.560. The average Bonchev–Trinajstić information content (AvgIpc) is 2.65. The SMILES string of the molecule is C=CCc1cc(/C=N\NC(=O)c2ccc(C)cc2OC)cc(OCC)c1O. The van der Waals surface area contributed by atoms with Crippen molar-refractivity contribution in [3.8, 4) is 17.2 Å². The number of allylic oxidation sites excluding steroid dienone is 1. The molecule has 0 aliphatic heterocycles. The first-order chi connectivity index (χ1) is 13.0. The van der Waals surface area contributed by atoms with E-state index in [0.717, 1.165) is 5.56 Å². The van der Waals surface area contributed by atoms with Gasteiger partial charge in [0, 0.05) is 5.56 Å². The van der Waals surface area contributed by atoms with Gasteiger partial charge in [-0.25, -0.2) is 5.43 Å². The number of ether oxygens (including phenoxy) is 2. The molecule has 6 heteroatoms. The lowest BCUT2D eigenvalue weighted by atomic mass is 10.1. The zero-order valence-electron chi connectivity index (χ0n) is 15.8. The highest BCUT2D eigenvalue weighted by Gasteiger charge is 2.12. The largest absolute Gasteiger partial charge is 0.504 e. The van der Waals surface area contributed by atoms with E-state index >= 15 is 0 Å². The van der Waals surface area contributed by atoms with Crippen molar-refractivity contribution in [3.63, 3.8) is 0 Å². The lowest BCUT2D eigenvalue weighted by molar-refractivity contribution is 0.0952. The number of hydrogen-bond acceptors (Lipinski definition) is 5. The minimum absolute atomic E-state index is 0.0855. The number of carbonyl (C=O) groups is 1. The summed E-state index contributed by atoms with van der Waals surface area (Å²) in [6, 6.07) is 8.73. The summed E-state index contributed by atoms with van der Waals surface area (Å²) < 4.78 is 10.7. The van der Waals surface area contributed by atoms with Gasteiger partial charge < -0.3 is 14.6 Å². The summed E-state index contributed by atoms with van der Waals surface area (Å²) in [5.41, 5.74) is 5.23. The molecule has 2 N–H and O–H groups in total. The van der Waals surface area contributed by atoms with E-state index in [1.165, 1.54) is 13.3 Å². The number of phenols is 1. The predicted octanol–water partition coefficient (Wildman–Crippen LogP) is 3.60. The van der Waals surface area contributed by atoms with E-state index in [1.807, 2.05) is 19.9 Å². The number of aromatic hydroxyl groups is 1. The molecule has 0 radical (unpaired) electrons. The maximum Gasteiger partial charge on any atom is 0.275 e. The van der Waals surface area contributed by atoms with E-state index in [-0.39, 0.29) is 11.7 Å². The van der Waals surface area contributed by atoms with E-state index in [9.17, 15) is 9.90 Å². The van der Waals surface area contributed by atoms with Gasteiger partial charge in [0.25, 0.3) is 5.91 Å². The van der Waals surface area contributed by atoms with Crippen LogP contribution in [0.4, 0.5) is 0 Å². The molecular formula is C21H24N2O4. The molecule has 6 nitrogen and oxygen atoms in total. The number of benzene rings is 2. The molecule has 0 spiro atoms. The van der Waals surface area contributed by atoms with Crippen LogP contribution in [-0.4, -0.2) is 30.9 Å². The lowest BCUT2D eigenvalue weighted by Crippen LogP contribution is -2.18. The number of hydrazone groups is 1. The molecule has 2 aromatic rings. The number of nitrogens with zero attached hydrogens (tertiary/aromatic N) is 1. The number of aryl methyl sites for hydroxylation is 1. The highest BCUT2D eigenvalue weighted by Crippen LogP contribution is 2.32.